The van der Waals surface area contributed by atoms with Gasteiger partial charge in [0.1, 0.15) is 0 Å². The number of amides is 1. The molecule has 3 heteroatoms. The van der Waals surface area contributed by atoms with E-state index in [1.54, 1.807) is 0 Å². The lowest BCUT2D eigenvalue weighted by molar-refractivity contribution is -0.139. The average molecular weight is 206 g/mol. The number of hydrogen-bond donors (Lipinski definition) is 0. The van der Waals surface area contributed by atoms with Crippen molar-refractivity contribution >= 4 is 17.5 Å². The molecule has 0 unspecified atom stereocenters. The summed E-state index contributed by atoms with van der Waals surface area (Å²) in [5, 5.41) is 0. The highest BCUT2D eigenvalue weighted by Gasteiger charge is 2.29. The molecule has 0 heterocycles. The van der Waals surface area contributed by atoms with E-state index in [1.165, 1.54) is 0 Å². The van der Waals surface area contributed by atoms with Crippen LogP contribution in [0, 0.1) is 5.41 Å². The number of rotatable bonds is 5. The molecule has 13 heavy (non-hydrogen) atoms. The molecule has 1 amide bonds. The van der Waals surface area contributed by atoms with E-state index in [9.17, 15) is 4.79 Å². The van der Waals surface area contributed by atoms with Gasteiger partial charge in [-0.2, -0.15) is 0 Å². The van der Waals surface area contributed by atoms with Crippen molar-refractivity contribution < 1.29 is 4.79 Å². The van der Waals surface area contributed by atoms with Gasteiger partial charge in [0.25, 0.3) is 0 Å². The minimum atomic E-state index is -0.424. The Kier molecular flexibility index (Phi) is 5.38. The van der Waals surface area contributed by atoms with Crippen molar-refractivity contribution in [3.8, 4) is 0 Å². The highest BCUT2D eigenvalue weighted by atomic mass is 35.5. The predicted molar refractivity (Wildman–Crippen MR) is 57.0 cm³/mol. The zero-order valence-corrected chi connectivity index (χ0v) is 9.82. The summed E-state index contributed by atoms with van der Waals surface area (Å²) < 4.78 is 0. The fourth-order valence-corrected chi connectivity index (χ4v) is 1.27. The Morgan fingerprint density at radius 3 is 2.23 bits per heavy atom. The van der Waals surface area contributed by atoms with Crippen molar-refractivity contribution in [3.05, 3.63) is 0 Å². The van der Waals surface area contributed by atoms with Crippen molar-refractivity contribution in [1.82, 2.24) is 4.90 Å². The van der Waals surface area contributed by atoms with Crippen molar-refractivity contribution in [2.45, 2.75) is 34.1 Å². The second-order valence-corrected chi connectivity index (χ2v) is 4.17. The Morgan fingerprint density at radius 1 is 1.38 bits per heavy atom. The van der Waals surface area contributed by atoms with E-state index in [0.717, 1.165) is 19.5 Å². The standard InChI is InChI=1S/C10H20ClNO/c1-5-7-12(6-2)9(13)10(3,4)8-11/h5-8H2,1-4H3. The molecule has 0 aliphatic carbocycles. The van der Waals surface area contributed by atoms with E-state index in [2.05, 4.69) is 6.92 Å². The van der Waals surface area contributed by atoms with E-state index in [0.29, 0.717) is 5.88 Å². The highest BCUT2D eigenvalue weighted by Crippen LogP contribution is 2.20. The number of hydrogen-bond acceptors (Lipinski definition) is 1. The maximum atomic E-state index is 11.9. The van der Waals surface area contributed by atoms with Crippen LogP contribution in [0.4, 0.5) is 0 Å². The number of nitrogens with zero attached hydrogens (tertiary/aromatic N) is 1. The summed E-state index contributed by atoms with van der Waals surface area (Å²) in [6.45, 7) is 9.45. The van der Waals surface area contributed by atoms with Crippen LogP contribution in [0.25, 0.3) is 0 Å². The molecule has 0 bridgehead atoms. The molecule has 0 rings (SSSR count). The maximum Gasteiger partial charge on any atom is 0.229 e. The second kappa shape index (κ2) is 5.48. The third-order valence-corrected chi connectivity index (χ3v) is 2.74. The molecule has 0 atom stereocenters. The van der Waals surface area contributed by atoms with Gasteiger partial charge in [0.15, 0.2) is 0 Å². The van der Waals surface area contributed by atoms with Crippen LogP contribution in [0.15, 0.2) is 0 Å². The number of carbonyl (C=O) groups is 1. The molecule has 0 N–H and O–H groups in total. The average Bonchev–Trinajstić information content (AvgIpc) is 2.13. The van der Waals surface area contributed by atoms with Crippen LogP contribution < -0.4 is 0 Å². The normalized spacial score (nSPS) is 11.5. The van der Waals surface area contributed by atoms with Gasteiger partial charge in [-0.25, -0.2) is 0 Å². The molecule has 0 aliphatic heterocycles. The van der Waals surface area contributed by atoms with E-state index < -0.39 is 5.41 Å². The monoisotopic (exact) mass is 205 g/mol. The van der Waals surface area contributed by atoms with Crippen molar-refractivity contribution in [3.63, 3.8) is 0 Å². The Hall–Kier alpha value is -0.240. The van der Waals surface area contributed by atoms with E-state index >= 15 is 0 Å². The first-order valence-corrected chi connectivity index (χ1v) is 5.38. The number of halogens is 1. The van der Waals surface area contributed by atoms with Crippen molar-refractivity contribution in [1.29, 1.82) is 0 Å². The van der Waals surface area contributed by atoms with Crippen LogP contribution in [0.2, 0.25) is 0 Å². The molecule has 2 nitrogen and oxygen atoms in total. The maximum absolute atomic E-state index is 11.9. The summed E-state index contributed by atoms with van der Waals surface area (Å²) in [6, 6.07) is 0. The van der Waals surface area contributed by atoms with Gasteiger partial charge in [0.2, 0.25) is 5.91 Å². The zero-order chi connectivity index (χ0) is 10.5. The lowest BCUT2D eigenvalue weighted by atomic mass is 9.94. The Bertz CT molecular complexity index is 168. The minimum Gasteiger partial charge on any atom is -0.342 e. The Morgan fingerprint density at radius 2 is 1.92 bits per heavy atom. The quantitative estimate of drug-likeness (QED) is 0.632. The Labute approximate surface area is 86.2 Å². The van der Waals surface area contributed by atoms with Crippen LogP contribution in [0.5, 0.6) is 0 Å². The summed E-state index contributed by atoms with van der Waals surface area (Å²) in [5.41, 5.74) is -0.424. The molecule has 0 spiro atoms. The first-order chi connectivity index (χ1) is 5.99. The Balaban J connectivity index is 4.36. The summed E-state index contributed by atoms with van der Waals surface area (Å²) in [5.74, 6) is 0.540. The van der Waals surface area contributed by atoms with Gasteiger partial charge in [0.05, 0.1) is 5.41 Å². The second-order valence-electron chi connectivity index (χ2n) is 3.90. The van der Waals surface area contributed by atoms with Crippen molar-refractivity contribution in [2.24, 2.45) is 5.41 Å². The summed E-state index contributed by atoms with van der Waals surface area (Å²) in [6.07, 6.45) is 0.998. The van der Waals surface area contributed by atoms with Gasteiger partial charge in [-0.1, -0.05) is 6.92 Å². The van der Waals surface area contributed by atoms with Gasteiger partial charge < -0.3 is 4.90 Å². The molecule has 0 aromatic heterocycles. The summed E-state index contributed by atoms with van der Waals surface area (Å²) >= 11 is 5.74. The lowest BCUT2D eigenvalue weighted by Gasteiger charge is -2.29. The van der Waals surface area contributed by atoms with Crippen LogP contribution in [-0.2, 0) is 4.79 Å². The number of alkyl halides is 1. The highest BCUT2D eigenvalue weighted by molar-refractivity contribution is 6.19. The molecular formula is C10H20ClNO. The lowest BCUT2D eigenvalue weighted by Crippen LogP contribution is -2.42. The number of carbonyl (C=O) groups excluding carboxylic acids is 1. The molecule has 0 fully saturated rings. The SMILES string of the molecule is CCCN(CC)C(=O)C(C)(C)CCl. The van der Waals surface area contributed by atoms with Crippen LogP contribution >= 0.6 is 11.6 Å². The first kappa shape index (κ1) is 12.8. The molecule has 0 aliphatic rings. The third-order valence-electron chi connectivity index (χ3n) is 2.08. The van der Waals surface area contributed by atoms with Crippen LogP contribution in [0.1, 0.15) is 34.1 Å². The largest absolute Gasteiger partial charge is 0.342 e. The predicted octanol–water partition coefficient (Wildman–Crippen LogP) is 2.51. The van der Waals surface area contributed by atoms with Gasteiger partial charge in [-0.05, 0) is 27.2 Å². The first-order valence-electron chi connectivity index (χ1n) is 4.85. The molecule has 0 aromatic rings. The summed E-state index contributed by atoms with van der Waals surface area (Å²) in [4.78, 5) is 13.7. The topological polar surface area (TPSA) is 20.3 Å². The van der Waals surface area contributed by atoms with E-state index in [4.69, 9.17) is 11.6 Å². The van der Waals surface area contributed by atoms with Crippen LogP contribution in [0.3, 0.4) is 0 Å². The van der Waals surface area contributed by atoms with Crippen molar-refractivity contribution in [2.75, 3.05) is 19.0 Å². The van der Waals surface area contributed by atoms with Gasteiger partial charge >= 0.3 is 0 Å². The fraction of sp³-hybridized carbons (Fsp3) is 0.900. The van der Waals surface area contributed by atoms with E-state index in [1.807, 2.05) is 25.7 Å². The van der Waals surface area contributed by atoms with Gasteiger partial charge in [-0.15, -0.1) is 11.6 Å². The smallest absolute Gasteiger partial charge is 0.229 e. The summed E-state index contributed by atoms with van der Waals surface area (Å²) in [7, 11) is 0. The van der Waals surface area contributed by atoms with Gasteiger partial charge in [0, 0.05) is 19.0 Å². The molecule has 0 saturated heterocycles. The molecule has 0 radical (unpaired) electrons. The molecular weight excluding hydrogens is 186 g/mol. The third kappa shape index (κ3) is 3.55. The van der Waals surface area contributed by atoms with E-state index in [-0.39, 0.29) is 5.91 Å². The van der Waals surface area contributed by atoms with Crippen LogP contribution in [-0.4, -0.2) is 29.8 Å². The fourth-order valence-electron chi connectivity index (χ4n) is 1.16. The molecule has 0 saturated carbocycles. The zero-order valence-electron chi connectivity index (χ0n) is 9.06. The van der Waals surface area contributed by atoms with Gasteiger partial charge in [-0.3, -0.25) is 4.79 Å². The molecule has 0 aromatic carbocycles. The molecule has 78 valence electrons. The minimum absolute atomic E-state index is 0.159.